The van der Waals surface area contributed by atoms with Crippen LogP contribution in [0.4, 0.5) is 5.82 Å². The predicted octanol–water partition coefficient (Wildman–Crippen LogP) is 4.13. The Morgan fingerprint density at radius 1 is 1.26 bits per heavy atom. The highest BCUT2D eigenvalue weighted by atomic mass is 79.9. The smallest absolute Gasteiger partial charge is 0.130 e. The second kappa shape index (κ2) is 6.06. The minimum absolute atomic E-state index is 0.404. The van der Waals surface area contributed by atoms with Gasteiger partial charge >= 0.3 is 0 Å². The highest BCUT2D eigenvalue weighted by Gasteiger charge is 2.09. The van der Waals surface area contributed by atoms with Crippen LogP contribution >= 0.6 is 15.9 Å². The number of nitrogen functional groups attached to an aromatic ring is 1. The van der Waals surface area contributed by atoms with E-state index in [0.29, 0.717) is 18.3 Å². The van der Waals surface area contributed by atoms with E-state index >= 15 is 0 Å². The van der Waals surface area contributed by atoms with Crippen molar-refractivity contribution in [2.75, 3.05) is 5.73 Å². The standard InChI is InChI=1S/C15H17BrN2O/c1-10(2)13-8-11(16)6-7-14(13)19-9-12-4-3-5-15(17)18-12/h3-8,10H,9H2,1-2H3,(H2,17,18). The van der Waals surface area contributed by atoms with Gasteiger partial charge in [-0.1, -0.05) is 35.8 Å². The Labute approximate surface area is 121 Å². The first-order valence-electron chi connectivity index (χ1n) is 6.20. The van der Waals surface area contributed by atoms with Crippen molar-refractivity contribution in [3.8, 4) is 5.75 Å². The van der Waals surface area contributed by atoms with Gasteiger partial charge in [-0.25, -0.2) is 4.98 Å². The Balaban J connectivity index is 2.15. The summed E-state index contributed by atoms with van der Waals surface area (Å²) in [7, 11) is 0. The molecule has 2 N–H and O–H groups in total. The van der Waals surface area contributed by atoms with Crippen molar-refractivity contribution in [2.24, 2.45) is 0 Å². The fourth-order valence-electron chi connectivity index (χ4n) is 1.83. The van der Waals surface area contributed by atoms with Gasteiger partial charge in [0.15, 0.2) is 0 Å². The third-order valence-electron chi connectivity index (χ3n) is 2.80. The summed E-state index contributed by atoms with van der Waals surface area (Å²) in [6, 6.07) is 11.6. The van der Waals surface area contributed by atoms with Crippen molar-refractivity contribution in [1.29, 1.82) is 0 Å². The molecular formula is C15H17BrN2O. The Kier molecular flexibility index (Phi) is 4.43. The zero-order valence-electron chi connectivity index (χ0n) is 11.1. The molecule has 2 aromatic rings. The van der Waals surface area contributed by atoms with Gasteiger partial charge in [-0.2, -0.15) is 0 Å². The fraction of sp³-hybridized carbons (Fsp3) is 0.267. The molecule has 0 aliphatic rings. The highest BCUT2D eigenvalue weighted by molar-refractivity contribution is 9.10. The van der Waals surface area contributed by atoms with Gasteiger partial charge in [-0.3, -0.25) is 0 Å². The van der Waals surface area contributed by atoms with Crippen molar-refractivity contribution >= 4 is 21.7 Å². The lowest BCUT2D eigenvalue weighted by atomic mass is 10.0. The van der Waals surface area contributed by atoms with Gasteiger partial charge in [-0.05, 0) is 41.8 Å². The number of hydrogen-bond acceptors (Lipinski definition) is 3. The Hall–Kier alpha value is -1.55. The van der Waals surface area contributed by atoms with Crippen LogP contribution in [0.25, 0.3) is 0 Å². The number of aromatic nitrogens is 1. The molecule has 1 aromatic heterocycles. The van der Waals surface area contributed by atoms with Crippen LogP contribution in [0, 0.1) is 0 Å². The Morgan fingerprint density at radius 2 is 2.05 bits per heavy atom. The molecule has 0 aliphatic carbocycles. The average Bonchev–Trinajstić information content (AvgIpc) is 2.37. The van der Waals surface area contributed by atoms with E-state index in [4.69, 9.17) is 10.5 Å². The quantitative estimate of drug-likeness (QED) is 0.921. The van der Waals surface area contributed by atoms with Crippen LogP contribution in [0.3, 0.4) is 0 Å². The van der Waals surface area contributed by atoms with Crippen LogP contribution in [0.2, 0.25) is 0 Å². The summed E-state index contributed by atoms with van der Waals surface area (Å²) >= 11 is 3.49. The molecule has 0 bridgehead atoms. The maximum Gasteiger partial charge on any atom is 0.130 e. The van der Waals surface area contributed by atoms with Crippen molar-refractivity contribution in [2.45, 2.75) is 26.4 Å². The number of ether oxygens (including phenoxy) is 1. The molecule has 0 atom stereocenters. The van der Waals surface area contributed by atoms with Gasteiger partial charge in [-0.15, -0.1) is 0 Å². The van der Waals surface area contributed by atoms with Gasteiger partial charge < -0.3 is 10.5 Å². The molecule has 1 heterocycles. The summed E-state index contributed by atoms with van der Waals surface area (Å²) in [5, 5.41) is 0. The largest absolute Gasteiger partial charge is 0.487 e. The monoisotopic (exact) mass is 320 g/mol. The van der Waals surface area contributed by atoms with Gasteiger partial charge in [0.1, 0.15) is 18.2 Å². The molecule has 0 radical (unpaired) electrons. The fourth-order valence-corrected chi connectivity index (χ4v) is 2.21. The summed E-state index contributed by atoms with van der Waals surface area (Å²) in [4.78, 5) is 4.22. The number of anilines is 1. The van der Waals surface area contributed by atoms with Gasteiger partial charge in [0.2, 0.25) is 0 Å². The van der Waals surface area contributed by atoms with Crippen LogP contribution in [-0.4, -0.2) is 4.98 Å². The van der Waals surface area contributed by atoms with Crippen LogP contribution in [0.1, 0.15) is 31.0 Å². The lowest BCUT2D eigenvalue weighted by Gasteiger charge is -2.14. The second-order valence-electron chi connectivity index (χ2n) is 4.68. The van der Waals surface area contributed by atoms with Crippen LogP contribution in [-0.2, 0) is 6.61 Å². The third kappa shape index (κ3) is 3.70. The molecule has 3 nitrogen and oxygen atoms in total. The first kappa shape index (κ1) is 13.9. The molecule has 19 heavy (non-hydrogen) atoms. The van der Waals surface area contributed by atoms with E-state index in [1.807, 2.05) is 24.3 Å². The molecule has 0 fully saturated rings. The van der Waals surface area contributed by atoms with E-state index in [1.54, 1.807) is 6.07 Å². The number of benzene rings is 1. The Morgan fingerprint density at radius 3 is 2.74 bits per heavy atom. The summed E-state index contributed by atoms with van der Waals surface area (Å²) in [6.07, 6.45) is 0. The van der Waals surface area contributed by atoms with Crippen molar-refractivity contribution < 1.29 is 4.74 Å². The van der Waals surface area contributed by atoms with Crippen LogP contribution in [0.15, 0.2) is 40.9 Å². The molecule has 0 spiro atoms. The molecule has 0 amide bonds. The zero-order valence-corrected chi connectivity index (χ0v) is 12.6. The molecule has 1 aromatic carbocycles. The number of nitrogens with zero attached hydrogens (tertiary/aromatic N) is 1. The molecule has 0 saturated heterocycles. The molecule has 0 aliphatic heterocycles. The highest BCUT2D eigenvalue weighted by Crippen LogP contribution is 2.30. The minimum Gasteiger partial charge on any atom is -0.487 e. The Bertz CT molecular complexity index is 570. The van der Waals surface area contributed by atoms with E-state index in [-0.39, 0.29) is 0 Å². The molecule has 2 rings (SSSR count). The van der Waals surface area contributed by atoms with Crippen LogP contribution in [0.5, 0.6) is 5.75 Å². The van der Waals surface area contributed by atoms with E-state index in [2.05, 4.69) is 40.8 Å². The summed E-state index contributed by atoms with van der Waals surface area (Å²) in [5.74, 6) is 1.81. The van der Waals surface area contributed by atoms with Crippen molar-refractivity contribution in [3.05, 3.63) is 52.1 Å². The van der Waals surface area contributed by atoms with E-state index in [0.717, 1.165) is 15.9 Å². The van der Waals surface area contributed by atoms with E-state index in [1.165, 1.54) is 5.56 Å². The topological polar surface area (TPSA) is 48.1 Å². The number of halogens is 1. The summed E-state index contributed by atoms with van der Waals surface area (Å²) in [5.41, 5.74) is 7.66. The first-order valence-corrected chi connectivity index (χ1v) is 6.99. The normalized spacial score (nSPS) is 10.7. The van der Waals surface area contributed by atoms with E-state index < -0.39 is 0 Å². The maximum atomic E-state index is 5.86. The van der Waals surface area contributed by atoms with Crippen LogP contribution < -0.4 is 10.5 Å². The van der Waals surface area contributed by atoms with Gasteiger partial charge in [0, 0.05) is 4.47 Å². The lowest BCUT2D eigenvalue weighted by molar-refractivity contribution is 0.297. The van der Waals surface area contributed by atoms with Gasteiger partial charge in [0.05, 0.1) is 5.69 Å². The van der Waals surface area contributed by atoms with E-state index in [9.17, 15) is 0 Å². The number of nitrogens with two attached hydrogens (primary N) is 1. The van der Waals surface area contributed by atoms with Gasteiger partial charge in [0.25, 0.3) is 0 Å². The number of rotatable bonds is 4. The lowest BCUT2D eigenvalue weighted by Crippen LogP contribution is -2.03. The third-order valence-corrected chi connectivity index (χ3v) is 3.29. The van der Waals surface area contributed by atoms with Crippen molar-refractivity contribution in [3.63, 3.8) is 0 Å². The number of hydrogen-bond donors (Lipinski definition) is 1. The molecule has 4 heteroatoms. The number of pyridine rings is 1. The second-order valence-corrected chi connectivity index (χ2v) is 5.59. The first-order chi connectivity index (χ1) is 9.06. The molecular weight excluding hydrogens is 304 g/mol. The minimum atomic E-state index is 0.404. The predicted molar refractivity (Wildman–Crippen MR) is 81.2 cm³/mol. The zero-order chi connectivity index (χ0) is 13.8. The van der Waals surface area contributed by atoms with Crippen molar-refractivity contribution in [1.82, 2.24) is 4.98 Å². The molecule has 100 valence electrons. The molecule has 0 saturated carbocycles. The summed E-state index contributed by atoms with van der Waals surface area (Å²) in [6.45, 7) is 4.72. The SMILES string of the molecule is CC(C)c1cc(Br)ccc1OCc1cccc(N)n1. The molecule has 0 unspecified atom stereocenters. The maximum absolute atomic E-state index is 5.86. The summed E-state index contributed by atoms with van der Waals surface area (Å²) < 4.78 is 6.92. The average molecular weight is 321 g/mol.